The van der Waals surface area contributed by atoms with E-state index in [0.29, 0.717) is 0 Å². The predicted octanol–water partition coefficient (Wildman–Crippen LogP) is 4.37. The minimum absolute atomic E-state index is 0.807. The third kappa shape index (κ3) is 4.51. The summed E-state index contributed by atoms with van der Waals surface area (Å²) in [5, 5.41) is 7.32. The fourth-order valence-electron chi connectivity index (χ4n) is 2.20. The van der Waals surface area contributed by atoms with Crippen molar-refractivity contribution in [3.8, 4) is 11.4 Å². The van der Waals surface area contributed by atoms with E-state index < -0.39 is 0 Å². The zero-order chi connectivity index (χ0) is 13.3. The van der Waals surface area contributed by atoms with Crippen LogP contribution in [-0.2, 0) is 6.42 Å². The van der Waals surface area contributed by atoms with E-state index in [-0.39, 0.29) is 0 Å². The summed E-state index contributed by atoms with van der Waals surface area (Å²) >= 11 is 0. The Morgan fingerprint density at radius 2 is 1.68 bits per heavy atom. The number of benzene rings is 1. The number of nitrogens with one attached hydrogen (secondary N) is 1. The molecule has 1 N–H and O–H groups in total. The van der Waals surface area contributed by atoms with Crippen molar-refractivity contribution in [3.63, 3.8) is 0 Å². The molecule has 3 nitrogen and oxygen atoms in total. The molecule has 0 aliphatic heterocycles. The van der Waals surface area contributed by atoms with Crippen LogP contribution in [0.2, 0.25) is 0 Å². The first-order chi connectivity index (χ1) is 9.40. The van der Waals surface area contributed by atoms with Gasteiger partial charge in [0.05, 0.1) is 0 Å². The molecule has 1 heterocycles. The number of nitrogens with zero attached hydrogens (tertiary/aromatic N) is 2. The van der Waals surface area contributed by atoms with Crippen LogP contribution in [0.5, 0.6) is 0 Å². The van der Waals surface area contributed by atoms with Crippen molar-refractivity contribution in [1.29, 1.82) is 0 Å². The Morgan fingerprint density at radius 1 is 0.947 bits per heavy atom. The van der Waals surface area contributed by atoms with E-state index in [0.717, 1.165) is 23.6 Å². The van der Waals surface area contributed by atoms with Crippen molar-refractivity contribution in [1.82, 2.24) is 15.2 Å². The van der Waals surface area contributed by atoms with Crippen molar-refractivity contribution in [2.24, 2.45) is 0 Å². The Hall–Kier alpha value is -1.64. The smallest absolute Gasteiger partial charge is 0.181 e. The fourth-order valence-corrected chi connectivity index (χ4v) is 2.20. The molecule has 2 rings (SSSR count). The molecule has 0 atom stereocenters. The van der Waals surface area contributed by atoms with Crippen LogP contribution < -0.4 is 0 Å². The zero-order valence-corrected chi connectivity index (χ0v) is 11.7. The van der Waals surface area contributed by atoms with Gasteiger partial charge in [-0.25, -0.2) is 4.98 Å². The summed E-state index contributed by atoms with van der Waals surface area (Å²) < 4.78 is 0. The van der Waals surface area contributed by atoms with Gasteiger partial charge < -0.3 is 0 Å². The van der Waals surface area contributed by atoms with Gasteiger partial charge in [0.1, 0.15) is 5.82 Å². The molecule has 0 aliphatic carbocycles. The monoisotopic (exact) mass is 257 g/mol. The average molecular weight is 257 g/mol. The van der Waals surface area contributed by atoms with Crippen LogP contribution >= 0.6 is 0 Å². The maximum atomic E-state index is 4.55. The van der Waals surface area contributed by atoms with Crippen LogP contribution in [0, 0.1) is 0 Å². The largest absolute Gasteiger partial charge is 0.263 e. The van der Waals surface area contributed by atoms with E-state index in [1.165, 1.54) is 38.5 Å². The number of H-pyrrole nitrogens is 1. The number of hydrogen-bond acceptors (Lipinski definition) is 2. The lowest BCUT2D eigenvalue weighted by atomic mass is 10.1. The van der Waals surface area contributed by atoms with Gasteiger partial charge in [-0.2, -0.15) is 5.10 Å². The lowest BCUT2D eigenvalue weighted by Gasteiger charge is -1.98. The first-order valence-corrected chi connectivity index (χ1v) is 7.37. The van der Waals surface area contributed by atoms with E-state index in [1.807, 2.05) is 30.3 Å². The maximum Gasteiger partial charge on any atom is 0.181 e. The van der Waals surface area contributed by atoms with Gasteiger partial charge in [0, 0.05) is 12.0 Å². The highest BCUT2D eigenvalue weighted by atomic mass is 15.2. The number of hydrogen-bond donors (Lipinski definition) is 1. The molecule has 102 valence electrons. The minimum atomic E-state index is 0.807. The Morgan fingerprint density at radius 3 is 2.47 bits per heavy atom. The molecule has 0 spiro atoms. The van der Waals surface area contributed by atoms with Crippen LogP contribution in [-0.4, -0.2) is 15.2 Å². The number of aromatic amines is 1. The number of aryl methyl sites for hydroxylation is 1. The SMILES string of the molecule is CCCCCCCCc1nc(-c2ccccc2)n[nH]1. The maximum absolute atomic E-state index is 4.55. The molecule has 0 bridgehead atoms. The van der Waals surface area contributed by atoms with Gasteiger partial charge in [-0.3, -0.25) is 5.10 Å². The van der Waals surface area contributed by atoms with E-state index >= 15 is 0 Å². The Kier molecular flexibility index (Phi) is 5.60. The molecule has 0 saturated carbocycles. The van der Waals surface area contributed by atoms with E-state index in [4.69, 9.17) is 0 Å². The van der Waals surface area contributed by atoms with Crippen LogP contribution in [0.1, 0.15) is 51.3 Å². The second kappa shape index (κ2) is 7.72. The molecular weight excluding hydrogens is 234 g/mol. The van der Waals surface area contributed by atoms with Gasteiger partial charge >= 0.3 is 0 Å². The predicted molar refractivity (Wildman–Crippen MR) is 78.9 cm³/mol. The summed E-state index contributed by atoms with van der Waals surface area (Å²) in [6.07, 6.45) is 8.87. The molecule has 1 aromatic carbocycles. The van der Waals surface area contributed by atoms with Gasteiger partial charge in [0.25, 0.3) is 0 Å². The van der Waals surface area contributed by atoms with Gasteiger partial charge in [0.15, 0.2) is 5.82 Å². The molecule has 0 radical (unpaired) electrons. The third-order valence-electron chi connectivity index (χ3n) is 3.33. The molecule has 19 heavy (non-hydrogen) atoms. The Bertz CT molecular complexity index is 462. The number of unbranched alkanes of at least 4 members (excludes halogenated alkanes) is 5. The van der Waals surface area contributed by atoms with Crippen LogP contribution in [0.3, 0.4) is 0 Å². The minimum Gasteiger partial charge on any atom is -0.263 e. The Labute approximate surface area is 115 Å². The average Bonchev–Trinajstić information content (AvgIpc) is 2.92. The lowest BCUT2D eigenvalue weighted by molar-refractivity contribution is 0.601. The summed E-state index contributed by atoms with van der Waals surface area (Å²) in [5.41, 5.74) is 1.08. The summed E-state index contributed by atoms with van der Waals surface area (Å²) in [5.74, 6) is 1.82. The quantitative estimate of drug-likeness (QED) is 0.713. The van der Waals surface area contributed by atoms with Crippen LogP contribution in [0.25, 0.3) is 11.4 Å². The van der Waals surface area contributed by atoms with Gasteiger partial charge in [-0.05, 0) is 6.42 Å². The van der Waals surface area contributed by atoms with Gasteiger partial charge in [0.2, 0.25) is 0 Å². The topological polar surface area (TPSA) is 41.6 Å². The normalized spacial score (nSPS) is 10.8. The first kappa shape index (κ1) is 13.8. The third-order valence-corrected chi connectivity index (χ3v) is 3.33. The van der Waals surface area contributed by atoms with E-state index in [9.17, 15) is 0 Å². The van der Waals surface area contributed by atoms with Gasteiger partial charge in [-0.15, -0.1) is 0 Å². The van der Waals surface area contributed by atoms with Crippen LogP contribution in [0.15, 0.2) is 30.3 Å². The van der Waals surface area contributed by atoms with Crippen molar-refractivity contribution < 1.29 is 0 Å². The van der Waals surface area contributed by atoms with E-state index in [2.05, 4.69) is 22.1 Å². The summed E-state index contributed by atoms with van der Waals surface area (Å²) in [4.78, 5) is 4.55. The zero-order valence-electron chi connectivity index (χ0n) is 11.7. The molecule has 3 heteroatoms. The summed E-state index contributed by atoms with van der Waals surface area (Å²) in [6.45, 7) is 2.25. The van der Waals surface area contributed by atoms with Gasteiger partial charge in [-0.1, -0.05) is 69.4 Å². The standard InChI is InChI=1S/C16H23N3/c1-2-3-4-5-6-10-13-15-17-16(19-18-15)14-11-8-7-9-12-14/h7-9,11-12H,2-6,10,13H2,1H3,(H,17,18,19). The second-order valence-electron chi connectivity index (χ2n) is 4.99. The molecule has 0 fully saturated rings. The molecule has 0 unspecified atom stereocenters. The van der Waals surface area contributed by atoms with E-state index in [1.54, 1.807) is 0 Å². The second-order valence-corrected chi connectivity index (χ2v) is 4.99. The Balaban J connectivity index is 1.75. The van der Waals surface area contributed by atoms with Crippen molar-refractivity contribution >= 4 is 0 Å². The fraction of sp³-hybridized carbons (Fsp3) is 0.500. The molecule has 0 aliphatic rings. The lowest BCUT2D eigenvalue weighted by Crippen LogP contribution is -1.89. The highest BCUT2D eigenvalue weighted by molar-refractivity contribution is 5.53. The highest BCUT2D eigenvalue weighted by Crippen LogP contribution is 2.14. The molecule has 1 aromatic heterocycles. The van der Waals surface area contributed by atoms with Crippen molar-refractivity contribution in [2.45, 2.75) is 51.9 Å². The summed E-state index contributed by atoms with van der Waals surface area (Å²) in [7, 11) is 0. The summed E-state index contributed by atoms with van der Waals surface area (Å²) in [6, 6.07) is 10.1. The molecule has 0 amide bonds. The number of aromatic nitrogens is 3. The van der Waals surface area contributed by atoms with Crippen molar-refractivity contribution in [2.75, 3.05) is 0 Å². The van der Waals surface area contributed by atoms with Crippen molar-refractivity contribution in [3.05, 3.63) is 36.2 Å². The number of rotatable bonds is 8. The first-order valence-electron chi connectivity index (χ1n) is 7.37. The highest BCUT2D eigenvalue weighted by Gasteiger charge is 2.04. The molecule has 2 aromatic rings. The van der Waals surface area contributed by atoms with Crippen LogP contribution in [0.4, 0.5) is 0 Å². The molecule has 0 saturated heterocycles. The molecular formula is C16H23N3.